The van der Waals surface area contributed by atoms with E-state index in [1.807, 2.05) is 36.5 Å². The van der Waals surface area contributed by atoms with E-state index >= 15 is 0 Å². The standard InChI is InChI=1S/C19H12Br2N4O2/c20-14-6-12(17(26)16(21)18(14)27)7-22-13-8-23-19-24-15(10-25(19)9-13)11-4-2-1-3-5-11/h1-10,26-27H/b22-7+. The first-order chi connectivity index (χ1) is 13.0. The number of hydrogen-bond acceptors (Lipinski definition) is 5. The first-order valence-electron chi connectivity index (χ1n) is 7.87. The quantitative estimate of drug-likeness (QED) is 0.394. The van der Waals surface area contributed by atoms with Crippen molar-refractivity contribution in [3.63, 3.8) is 0 Å². The van der Waals surface area contributed by atoms with Crippen LogP contribution in [0.2, 0.25) is 0 Å². The average molecular weight is 488 g/mol. The number of hydrogen-bond donors (Lipinski definition) is 2. The molecule has 0 spiro atoms. The molecule has 0 aliphatic carbocycles. The summed E-state index contributed by atoms with van der Waals surface area (Å²) < 4.78 is 2.45. The summed E-state index contributed by atoms with van der Waals surface area (Å²) in [6, 6.07) is 11.4. The predicted molar refractivity (Wildman–Crippen MR) is 111 cm³/mol. The Kier molecular flexibility index (Phi) is 4.67. The lowest BCUT2D eigenvalue weighted by atomic mass is 10.2. The summed E-state index contributed by atoms with van der Waals surface area (Å²) >= 11 is 6.39. The fraction of sp³-hybridized carbons (Fsp3) is 0. The van der Waals surface area contributed by atoms with Crippen LogP contribution in [0, 0.1) is 0 Å². The van der Waals surface area contributed by atoms with Gasteiger partial charge in [0.05, 0.1) is 22.1 Å². The molecule has 0 unspecified atom stereocenters. The zero-order valence-corrected chi connectivity index (χ0v) is 16.9. The maximum Gasteiger partial charge on any atom is 0.234 e. The number of nitrogens with zero attached hydrogens (tertiary/aromatic N) is 4. The Morgan fingerprint density at radius 2 is 1.81 bits per heavy atom. The molecule has 8 heteroatoms. The molecule has 0 aliphatic rings. The van der Waals surface area contributed by atoms with Gasteiger partial charge in [-0.05, 0) is 37.9 Å². The number of phenolic OH excluding ortho intramolecular Hbond substituents is 2. The second-order valence-corrected chi connectivity index (χ2v) is 7.38. The van der Waals surface area contributed by atoms with Crippen molar-refractivity contribution in [3.8, 4) is 22.8 Å². The molecule has 0 radical (unpaired) electrons. The average Bonchev–Trinajstić information content (AvgIpc) is 3.12. The first kappa shape index (κ1) is 17.7. The summed E-state index contributed by atoms with van der Waals surface area (Å²) in [6.07, 6.45) is 6.80. The molecule has 6 nitrogen and oxygen atoms in total. The Morgan fingerprint density at radius 3 is 2.59 bits per heavy atom. The largest absolute Gasteiger partial charge is 0.506 e. The molecular weight excluding hydrogens is 476 g/mol. The molecule has 0 aliphatic heterocycles. The van der Waals surface area contributed by atoms with Gasteiger partial charge in [0, 0.05) is 29.7 Å². The lowest BCUT2D eigenvalue weighted by Gasteiger charge is -2.06. The second-order valence-electron chi connectivity index (χ2n) is 5.73. The van der Waals surface area contributed by atoms with Crippen molar-refractivity contribution in [2.24, 2.45) is 4.99 Å². The Morgan fingerprint density at radius 1 is 1.04 bits per heavy atom. The molecule has 0 saturated heterocycles. The van der Waals surface area contributed by atoms with E-state index in [1.54, 1.807) is 22.9 Å². The highest BCUT2D eigenvalue weighted by Gasteiger charge is 2.13. The van der Waals surface area contributed by atoms with Crippen LogP contribution in [0.1, 0.15) is 5.56 Å². The third kappa shape index (κ3) is 3.45. The topological polar surface area (TPSA) is 83.0 Å². The van der Waals surface area contributed by atoms with Gasteiger partial charge in [0.2, 0.25) is 5.78 Å². The van der Waals surface area contributed by atoms with Gasteiger partial charge in [0.15, 0.2) is 0 Å². The highest BCUT2D eigenvalue weighted by atomic mass is 79.9. The lowest BCUT2D eigenvalue weighted by molar-refractivity contribution is 0.442. The molecule has 4 rings (SSSR count). The van der Waals surface area contributed by atoms with Crippen LogP contribution in [0.3, 0.4) is 0 Å². The smallest absolute Gasteiger partial charge is 0.234 e. The molecule has 0 amide bonds. The molecule has 0 fully saturated rings. The molecule has 134 valence electrons. The molecule has 27 heavy (non-hydrogen) atoms. The molecule has 4 aromatic rings. The number of phenols is 2. The van der Waals surface area contributed by atoms with Gasteiger partial charge in [-0.1, -0.05) is 30.3 Å². The summed E-state index contributed by atoms with van der Waals surface area (Å²) in [4.78, 5) is 13.2. The minimum absolute atomic E-state index is 0.0698. The number of halogens is 2. The zero-order chi connectivity index (χ0) is 19.0. The van der Waals surface area contributed by atoms with Gasteiger partial charge in [-0.25, -0.2) is 9.97 Å². The van der Waals surface area contributed by atoms with Gasteiger partial charge in [-0.15, -0.1) is 0 Å². The van der Waals surface area contributed by atoms with E-state index in [0.29, 0.717) is 21.5 Å². The summed E-state index contributed by atoms with van der Waals surface area (Å²) in [5, 5.41) is 19.9. The number of rotatable bonds is 3. The summed E-state index contributed by atoms with van der Waals surface area (Å²) in [6.45, 7) is 0. The van der Waals surface area contributed by atoms with Gasteiger partial charge < -0.3 is 10.2 Å². The van der Waals surface area contributed by atoms with Gasteiger partial charge in [0.1, 0.15) is 16.0 Å². The Hall–Kier alpha value is -2.71. The minimum Gasteiger partial charge on any atom is -0.506 e. The number of aromatic nitrogens is 3. The minimum atomic E-state index is -0.0949. The van der Waals surface area contributed by atoms with E-state index < -0.39 is 0 Å². The van der Waals surface area contributed by atoms with Crippen molar-refractivity contribution in [2.45, 2.75) is 0 Å². The maximum absolute atomic E-state index is 10.1. The highest BCUT2D eigenvalue weighted by molar-refractivity contribution is 9.11. The zero-order valence-electron chi connectivity index (χ0n) is 13.7. The molecule has 0 bridgehead atoms. The van der Waals surface area contributed by atoms with Crippen LogP contribution in [0.25, 0.3) is 17.0 Å². The van der Waals surface area contributed by atoms with Crippen LogP contribution < -0.4 is 0 Å². The second kappa shape index (κ2) is 7.13. The van der Waals surface area contributed by atoms with Crippen LogP contribution in [0.15, 0.2) is 68.9 Å². The third-order valence-electron chi connectivity index (χ3n) is 3.92. The number of fused-ring (bicyclic) bond motifs is 1. The molecule has 0 saturated carbocycles. The predicted octanol–water partition coefficient (Wildman–Crippen LogP) is 5.08. The van der Waals surface area contributed by atoms with E-state index in [9.17, 15) is 10.2 Å². The molecule has 2 heterocycles. The fourth-order valence-electron chi connectivity index (χ4n) is 2.55. The number of aliphatic imine (C=N–C) groups is 1. The van der Waals surface area contributed by atoms with Crippen LogP contribution in [0.5, 0.6) is 11.5 Å². The summed E-state index contributed by atoms with van der Waals surface area (Å²) in [5.41, 5.74) is 2.88. The van der Waals surface area contributed by atoms with E-state index in [0.717, 1.165) is 11.3 Å². The maximum atomic E-state index is 10.1. The van der Waals surface area contributed by atoms with Crippen molar-refractivity contribution in [1.29, 1.82) is 0 Å². The number of aromatic hydroxyl groups is 2. The van der Waals surface area contributed by atoms with Crippen LogP contribution in [-0.2, 0) is 0 Å². The van der Waals surface area contributed by atoms with E-state index in [4.69, 9.17) is 0 Å². The van der Waals surface area contributed by atoms with Crippen LogP contribution >= 0.6 is 31.9 Å². The van der Waals surface area contributed by atoms with Crippen molar-refractivity contribution in [2.75, 3.05) is 0 Å². The molecular formula is C19H12Br2N4O2. The van der Waals surface area contributed by atoms with Gasteiger partial charge in [-0.2, -0.15) is 0 Å². The molecule has 2 N–H and O–H groups in total. The van der Waals surface area contributed by atoms with Crippen LogP contribution in [-0.4, -0.2) is 30.8 Å². The van der Waals surface area contributed by atoms with E-state index in [-0.39, 0.29) is 16.0 Å². The van der Waals surface area contributed by atoms with E-state index in [2.05, 4.69) is 46.8 Å². The third-order valence-corrected chi connectivity index (χ3v) is 5.27. The van der Waals surface area contributed by atoms with Crippen molar-refractivity contribution >= 4 is 49.5 Å². The fourth-order valence-corrected chi connectivity index (χ4v) is 3.70. The van der Waals surface area contributed by atoms with Crippen molar-refractivity contribution < 1.29 is 10.2 Å². The van der Waals surface area contributed by atoms with Crippen molar-refractivity contribution in [1.82, 2.24) is 14.4 Å². The van der Waals surface area contributed by atoms with Crippen LogP contribution in [0.4, 0.5) is 5.69 Å². The normalized spacial score (nSPS) is 11.5. The van der Waals surface area contributed by atoms with Gasteiger partial charge in [-0.3, -0.25) is 9.39 Å². The van der Waals surface area contributed by atoms with Gasteiger partial charge >= 0.3 is 0 Å². The van der Waals surface area contributed by atoms with E-state index in [1.165, 1.54) is 6.21 Å². The SMILES string of the molecule is Oc1c(Br)cc(/C=N/c2cnc3nc(-c4ccccc4)cn3c2)c(O)c1Br. The molecule has 0 atom stereocenters. The van der Waals surface area contributed by atoms with Gasteiger partial charge in [0.25, 0.3) is 0 Å². The summed E-state index contributed by atoms with van der Waals surface area (Å²) in [7, 11) is 0. The Balaban J connectivity index is 1.68. The summed E-state index contributed by atoms with van der Waals surface area (Å²) in [5.74, 6) is 0.410. The number of benzene rings is 2. The number of imidazole rings is 1. The monoisotopic (exact) mass is 486 g/mol. The first-order valence-corrected chi connectivity index (χ1v) is 9.45. The molecule has 2 aromatic heterocycles. The molecule has 2 aromatic carbocycles. The highest BCUT2D eigenvalue weighted by Crippen LogP contribution is 2.40. The Labute approximate surface area is 171 Å². The van der Waals surface area contributed by atoms with Crippen molar-refractivity contribution in [3.05, 3.63) is 69.5 Å². The lowest BCUT2D eigenvalue weighted by Crippen LogP contribution is -1.88. The Bertz CT molecular complexity index is 1170.